The number of aryl methyl sites for hydroxylation is 1. The largest absolute Gasteiger partial charge is 0.360 e. The molecule has 0 radical (unpaired) electrons. The van der Waals surface area contributed by atoms with Gasteiger partial charge < -0.3 is 15.2 Å². The highest BCUT2D eigenvalue weighted by Gasteiger charge is 2.23. The first-order valence-corrected chi connectivity index (χ1v) is 6.91. The van der Waals surface area contributed by atoms with Gasteiger partial charge in [-0.15, -0.1) is 0 Å². The van der Waals surface area contributed by atoms with E-state index in [0.29, 0.717) is 23.3 Å². The fourth-order valence-electron chi connectivity index (χ4n) is 1.87. The standard InChI is InChI=1S/C13H16N6O3/c1-8-4-11(18-22-8)17-13(21)16-10-5-14-19(6-10)7-12(20)15-9-2-3-9/h4-6,9H,2-3,7H2,1H3,(H,15,20)(H2,16,17,18,21). The normalized spacial score (nSPS) is 13.7. The molecule has 2 aromatic heterocycles. The minimum atomic E-state index is -0.463. The van der Waals surface area contributed by atoms with Crippen LogP contribution in [0.4, 0.5) is 16.3 Å². The summed E-state index contributed by atoms with van der Waals surface area (Å²) in [6, 6.07) is 1.46. The minimum absolute atomic E-state index is 0.0836. The number of nitrogens with zero attached hydrogens (tertiary/aromatic N) is 3. The Bertz CT molecular complexity index is 688. The lowest BCUT2D eigenvalue weighted by molar-refractivity contribution is -0.122. The topological polar surface area (TPSA) is 114 Å². The maximum absolute atomic E-state index is 11.8. The lowest BCUT2D eigenvalue weighted by Gasteiger charge is -2.03. The zero-order valence-corrected chi connectivity index (χ0v) is 12.0. The highest BCUT2D eigenvalue weighted by atomic mass is 16.5. The molecule has 3 N–H and O–H groups in total. The van der Waals surface area contributed by atoms with Crippen LogP contribution in [0, 0.1) is 6.92 Å². The van der Waals surface area contributed by atoms with E-state index in [1.165, 1.54) is 10.9 Å². The van der Waals surface area contributed by atoms with Crippen molar-refractivity contribution in [2.75, 3.05) is 10.6 Å². The lowest BCUT2D eigenvalue weighted by atomic mass is 10.5. The highest BCUT2D eigenvalue weighted by molar-refractivity contribution is 5.98. The monoisotopic (exact) mass is 304 g/mol. The van der Waals surface area contributed by atoms with E-state index in [0.717, 1.165) is 12.8 Å². The molecule has 1 aliphatic carbocycles. The summed E-state index contributed by atoms with van der Waals surface area (Å²) >= 11 is 0. The van der Waals surface area contributed by atoms with Crippen molar-refractivity contribution >= 4 is 23.4 Å². The van der Waals surface area contributed by atoms with Crippen LogP contribution in [-0.2, 0) is 11.3 Å². The summed E-state index contributed by atoms with van der Waals surface area (Å²) < 4.78 is 6.31. The molecule has 9 heteroatoms. The van der Waals surface area contributed by atoms with E-state index in [1.807, 2.05) is 0 Å². The SMILES string of the molecule is Cc1cc(NC(=O)Nc2cnn(CC(=O)NC3CC3)c2)no1. The molecule has 0 aliphatic heterocycles. The molecule has 1 aliphatic rings. The van der Waals surface area contributed by atoms with E-state index in [2.05, 4.69) is 26.2 Å². The van der Waals surface area contributed by atoms with Gasteiger partial charge >= 0.3 is 6.03 Å². The van der Waals surface area contributed by atoms with E-state index in [1.54, 1.807) is 19.2 Å². The van der Waals surface area contributed by atoms with Gasteiger partial charge in [0.2, 0.25) is 5.91 Å². The van der Waals surface area contributed by atoms with E-state index < -0.39 is 6.03 Å². The maximum atomic E-state index is 11.8. The fraction of sp³-hybridized carbons (Fsp3) is 0.385. The van der Waals surface area contributed by atoms with Crippen molar-refractivity contribution in [2.24, 2.45) is 0 Å². The minimum Gasteiger partial charge on any atom is -0.360 e. The van der Waals surface area contributed by atoms with Gasteiger partial charge in [0.25, 0.3) is 0 Å². The Morgan fingerprint density at radius 3 is 2.91 bits per heavy atom. The summed E-state index contributed by atoms with van der Waals surface area (Å²) in [4.78, 5) is 23.4. The van der Waals surface area contributed by atoms with Gasteiger partial charge in [-0.1, -0.05) is 5.16 Å². The van der Waals surface area contributed by atoms with Crippen LogP contribution in [0.15, 0.2) is 23.0 Å². The third-order valence-corrected chi connectivity index (χ3v) is 3.01. The number of nitrogens with one attached hydrogen (secondary N) is 3. The smallest absolute Gasteiger partial charge is 0.325 e. The molecule has 0 spiro atoms. The molecule has 0 saturated heterocycles. The molecule has 0 atom stereocenters. The molecule has 0 unspecified atom stereocenters. The summed E-state index contributed by atoms with van der Waals surface area (Å²) in [5.74, 6) is 0.843. The van der Waals surface area contributed by atoms with Gasteiger partial charge in [-0.05, 0) is 19.8 Å². The Labute approximate surface area is 126 Å². The second-order valence-corrected chi connectivity index (χ2v) is 5.17. The Morgan fingerprint density at radius 1 is 1.41 bits per heavy atom. The van der Waals surface area contributed by atoms with E-state index in [-0.39, 0.29) is 12.5 Å². The van der Waals surface area contributed by atoms with Gasteiger partial charge in [-0.25, -0.2) is 4.79 Å². The van der Waals surface area contributed by atoms with Crippen molar-refractivity contribution < 1.29 is 14.1 Å². The molecule has 3 amide bonds. The molecule has 2 heterocycles. The van der Waals surface area contributed by atoms with Crippen LogP contribution in [-0.4, -0.2) is 32.9 Å². The molecule has 1 saturated carbocycles. The number of amides is 3. The van der Waals surface area contributed by atoms with Gasteiger partial charge in [-0.3, -0.25) is 14.8 Å². The van der Waals surface area contributed by atoms with Crippen molar-refractivity contribution in [1.29, 1.82) is 0 Å². The summed E-state index contributed by atoms with van der Waals surface area (Å²) in [5, 5.41) is 15.7. The van der Waals surface area contributed by atoms with Crippen LogP contribution in [0.2, 0.25) is 0 Å². The van der Waals surface area contributed by atoms with Crippen molar-refractivity contribution in [3.8, 4) is 0 Å². The van der Waals surface area contributed by atoms with Gasteiger partial charge in [0.1, 0.15) is 12.3 Å². The first kappa shape index (κ1) is 14.1. The Morgan fingerprint density at radius 2 is 2.23 bits per heavy atom. The second-order valence-electron chi connectivity index (χ2n) is 5.17. The number of hydrogen-bond donors (Lipinski definition) is 3. The average Bonchev–Trinajstić information content (AvgIpc) is 3.00. The second kappa shape index (κ2) is 5.88. The highest BCUT2D eigenvalue weighted by Crippen LogP contribution is 2.18. The summed E-state index contributed by atoms with van der Waals surface area (Å²) in [6.45, 7) is 1.86. The summed E-state index contributed by atoms with van der Waals surface area (Å²) in [6.07, 6.45) is 5.14. The summed E-state index contributed by atoms with van der Waals surface area (Å²) in [7, 11) is 0. The Hall–Kier alpha value is -2.84. The maximum Gasteiger partial charge on any atom is 0.325 e. The average molecular weight is 304 g/mol. The van der Waals surface area contributed by atoms with Crippen LogP contribution < -0.4 is 16.0 Å². The van der Waals surface area contributed by atoms with E-state index in [9.17, 15) is 9.59 Å². The predicted octanol–water partition coefficient (Wildman–Crippen LogP) is 1.10. The molecule has 22 heavy (non-hydrogen) atoms. The molecule has 3 rings (SSSR count). The van der Waals surface area contributed by atoms with Gasteiger partial charge in [-0.2, -0.15) is 5.10 Å². The Kier molecular flexibility index (Phi) is 3.77. The van der Waals surface area contributed by atoms with Crippen molar-refractivity contribution in [1.82, 2.24) is 20.3 Å². The predicted molar refractivity (Wildman–Crippen MR) is 77.3 cm³/mol. The molecule has 0 aromatic carbocycles. The number of carbonyl (C=O) groups excluding carboxylic acids is 2. The Balaban J connectivity index is 1.50. The number of anilines is 2. The van der Waals surface area contributed by atoms with Crippen molar-refractivity contribution in [3.05, 3.63) is 24.2 Å². The van der Waals surface area contributed by atoms with Crippen LogP contribution in [0.3, 0.4) is 0 Å². The lowest BCUT2D eigenvalue weighted by Crippen LogP contribution is -2.29. The van der Waals surface area contributed by atoms with Crippen molar-refractivity contribution in [2.45, 2.75) is 32.4 Å². The zero-order chi connectivity index (χ0) is 15.5. The number of hydrogen-bond acceptors (Lipinski definition) is 5. The van der Waals surface area contributed by atoms with Crippen LogP contribution >= 0.6 is 0 Å². The molecular weight excluding hydrogens is 288 g/mol. The molecule has 0 bridgehead atoms. The molecular formula is C13H16N6O3. The molecule has 116 valence electrons. The van der Waals surface area contributed by atoms with Crippen molar-refractivity contribution in [3.63, 3.8) is 0 Å². The number of carbonyl (C=O) groups is 2. The third kappa shape index (κ3) is 3.84. The number of rotatable bonds is 5. The first-order chi connectivity index (χ1) is 10.6. The van der Waals surface area contributed by atoms with Crippen LogP contribution in [0.25, 0.3) is 0 Å². The van der Waals surface area contributed by atoms with Gasteiger partial charge in [0, 0.05) is 18.3 Å². The first-order valence-electron chi connectivity index (χ1n) is 6.91. The van der Waals surface area contributed by atoms with Crippen LogP contribution in [0.1, 0.15) is 18.6 Å². The fourth-order valence-corrected chi connectivity index (χ4v) is 1.87. The molecule has 2 aromatic rings. The van der Waals surface area contributed by atoms with E-state index >= 15 is 0 Å². The zero-order valence-electron chi connectivity index (χ0n) is 12.0. The van der Waals surface area contributed by atoms with Gasteiger partial charge in [0.05, 0.1) is 11.9 Å². The summed E-state index contributed by atoms with van der Waals surface area (Å²) in [5.41, 5.74) is 0.483. The number of aromatic nitrogens is 3. The molecule has 1 fully saturated rings. The molecule has 9 nitrogen and oxygen atoms in total. The van der Waals surface area contributed by atoms with Crippen LogP contribution in [0.5, 0.6) is 0 Å². The number of urea groups is 1. The third-order valence-electron chi connectivity index (χ3n) is 3.01. The van der Waals surface area contributed by atoms with Gasteiger partial charge in [0.15, 0.2) is 5.82 Å². The van der Waals surface area contributed by atoms with E-state index in [4.69, 9.17) is 4.52 Å². The quantitative estimate of drug-likeness (QED) is 0.765.